The third-order valence-corrected chi connectivity index (χ3v) is 4.63. The molecule has 1 aliphatic rings. The number of aromatic amines is 1. The largest absolute Gasteiger partial charge is 0.508 e. The van der Waals surface area contributed by atoms with Gasteiger partial charge in [0.05, 0.1) is 5.39 Å². The van der Waals surface area contributed by atoms with E-state index >= 15 is 0 Å². The van der Waals surface area contributed by atoms with E-state index in [0.29, 0.717) is 23.9 Å². The van der Waals surface area contributed by atoms with E-state index < -0.39 is 0 Å². The fraction of sp³-hybridized carbons (Fsp3) is 0.150. The lowest BCUT2D eigenvalue weighted by atomic mass is 9.99. The number of carbonyl (C=O) groups is 1. The van der Waals surface area contributed by atoms with Crippen LogP contribution in [0, 0.1) is 0 Å². The summed E-state index contributed by atoms with van der Waals surface area (Å²) < 4.78 is 0. The highest BCUT2D eigenvalue weighted by atomic mass is 16.3. The van der Waals surface area contributed by atoms with Gasteiger partial charge < -0.3 is 10.0 Å². The molecule has 0 saturated heterocycles. The summed E-state index contributed by atoms with van der Waals surface area (Å²) in [7, 11) is 0. The molecular weight excluding hydrogens is 330 g/mol. The second kappa shape index (κ2) is 6.48. The molecule has 130 valence electrons. The molecule has 2 heterocycles. The number of carbonyl (C=O) groups excluding carboxylic acids is 1. The highest BCUT2D eigenvalue weighted by Gasteiger charge is 2.22. The standard InChI is InChI=1S/C20H17N3O3/c24-15-7-5-13(6-8-15)14-9-11-23(12-10-14)20(26)18-16-3-1-2-4-17(16)19(25)22-21-18/h1-9,24H,10-12H2,(H,22,25). The molecule has 0 fully saturated rings. The maximum Gasteiger partial charge on any atom is 0.275 e. The van der Waals surface area contributed by atoms with Gasteiger partial charge in [0.1, 0.15) is 5.75 Å². The number of amides is 1. The number of nitrogens with zero attached hydrogens (tertiary/aromatic N) is 2. The van der Waals surface area contributed by atoms with E-state index in [-0.39, 0.29) is 22.9 Å². The summed E-state index contributed by atoms with van der Waals surface area (Å²) in [6, 6.07) is 14.0. The number of aromatic nitrogens is 2. The predicted octanol–water partition coefficient (Wildman–Crippen LogP) is 2.56. The van der Waals surface area contributed by atoms with Crippen molar-refractivity contribution in [3.63, 3.8) is 0 Å². The minimum absolute atomic E-state index is 0.196. The van der Waals surface area contributed by atoms with Gasteiger partial charge in [0.15, 0.2) is 5.69 Å². The summed E-state index contributed by atoms with van der Waals surface area (Å²) in [5.74, 6) is 0.0384. The lowest BCUT2D eigenvalue weighted by molar-refractivity contribution is 0.0768. The van der Waals surface area contributed by atoms with E-state index in [1.54, 1.807) is 41.3 Å². The Morgan fingerprint density at radius 3 is 2.50 bits per heavy atom. The zero-order valence-electron chi connectivity index (χ0n) is 14.0. The van der Waals surface area contributed by atoms with Gasteiger partial charge >= 0.3 is 0 Å². The number of nitrogens with one attached hydrogen (secondary N) is 1. The van der Waals surface area contributed by atoms with Gasteiger partial charge in [-0.2, -0.15) is 5.10 Å². The Hall–Kier alpha value is -3.41. The van der Waals surface area contributed by atoms with E-state index in [2.05, 4.69) is 10.2 Å². The monoisotopic (exact) mass is 347 g/mol. The van der Waals surface area contributed by atoms with E-state index in [1.165, 1.54) is 0 Å². The van der Waals surface area contributed by atoms with Gasteiger partial charge in [-0.1, -0.05) is 36.4 Å². The molecule has 0 radical (unpaired) electrons. The minimum atomic E-state index is -0.301. The van der Waals surface area contributed by atoms with Crippen molar-refractivity contribution in [2.24, 2.45) is 0 Å². The van der Waals surface area contributed by atoms with Crippen LogP contribution in [0.1, 0.15) is 22.5 Å². The molecule has 0 unspecified atom stereocenters. The van der Waals surface area contributed by atoms with Crippen molar-refractivity contribution in [1.29, 1.82) is 0 Å². The molecule has 6 nitrogen and oxygen atoms in total. The smallest absolute Gasteiger partial charge is 0.275 e. The molecule has 0 spiro atoms. The third kappa shape index (κ3) is 2.86. The van der Waals surface area contributed by atoms with Crippen molar-refractivity contribution < 1.29 is 9.90 Å². The molecule has 0 saturated carbocycles. The summed E-state index contributed by atoms with van der Waals surface area (Å²) in [6.07, 6.45) is 2.74. The van der Waals surface area contributed by atoms with Gasteiger partial charge in [0.2, 0.25) is 0 Å². The fourth-order valence-corrected chi connectivity index (χ4v) is 3.22. The van der Waals surface area contributed by atoms with Gasteiger partial charge in [-0.15, -0.1) is 0 Å². The zero-order chi connectivity index (χ0) is 18.1. The second-order valence-corrected chi connectivity index (χ2v) is 6.22. The first kappa shape index (κ1) is 16.1. The van der Waals surface area contributed by atoms with Crippen LogP contribution in [0.5, 0.6) is 5.75 Å². The van der Waals surface area contributed by atoms with Crippen molar-refractivity contribution >= 4 is 22.3 Å². The summed E-state index contributed by atoms with van der Waals surface area (Å²) in [6.45, 7) is 1.05. The van der Waals surface area contributed by atoms with Gasteiger partial charge in [-0.25, -0.2) is 5.10 Å². The van der Waals surface area contributed by atoms with Crippen molar-refractivity contribution in [2.75, 3.05) is 13.1 Å². The molecule has 0 aliphatic carbocycles. The maximum absolute atomic E-state index is 12.9. The Bertz CT molecular complexity index is 1070. The van der Waals surface area contributed by atoms with Gasteiger partial charge in [-0.3, -0.25) is 9.59 Å². The Morgan fingerprint density at radius 1 is 1.08 bits per heavy atom. The molecule has 1 amide bonds. The molecule has 1 aliphatic heterocycles. The first-order chi connectivity index (χ1) is 12.6. The Morgan fingerprint density at radius 2 is 1.81 bits per heavy atom. The highest BCUT2D eigenvalue weighted by Crippen LogP contribution is 2.25. The molecule has 26 heavy (non-hydrogen) atoms. The molecule has 0 bridgehead atoms. The van der Waals surface area contributed by atoms with Crippen LogP contribution in [0.2, 0.25) is 0 Å². The van der Waals surface area contributed by atoms with E-state index in [9.17, 15) is 14.7 Å². The average Bonchev–Trinajstić information content (AvgIpc) is 2.69. The van der Waals surface area contributed by atoms with Crippen LogP contribution in [-0.4, -0.2) is 39.2 Å². The number of benzene rings is 2. The Balaban J connectivity index is 1.60. The predicted molar refractivity (Wildman–Crippen MR) is 99.0 cm³/mol. The maximum atomic E-state index is 12.9. The van der Waals surface area contributed by atoms with E-state index in [0.717, 1.165) is 17.6 Å². The van der Waals surface area contributed by atoms with Crippen molar-refractivity contribution in [2.45, 2.75) is 6.42 Å². The normalized spacial score (nSPS) is 14.3. The molecule has 2 N–H and O–H groups in total. The van der Waals surface area contributed by atoms with Gasteiger partial charge in [0.25, 0.3) is 11.5 Å². The fourth-order valence-electron chi connectivity index (χ4n) is 3.22. The zero-order valence-corrected chi connectivity index (χ0v) is 14.0. The first-order valence-corrected chi connectivity index (χ1v) is 8.38. The highest BCUT2D eigenvalue weighted by molar-refractivity contribution is 6.05. The minimum Gasteiger partial charge on any atom is -0.508 e. The van der Waals surface area contributed by atoms with Crippen molar-refractivity contribution in [3.8, 4) is 5.75 Å². The molecule has 3 aromatic rings. The van der Waals surface area contributed by atoms with Crippen LogP contribution in [0.15, 0.2) is 59.4 Å². The van der Waals surface area contributed by atoms with Crippen LogP contribution < -0.4 is 5.56 Å². The number of phenolic OH excluding ortho intramolecular Hbond substituents is 1. The third-order valence-electron chi connectivity index (χ3n) is 4.63. The number of hydrogen-bond acceptors (Lipinski definition) is 4. The Kier molecular flexibility index (Phi) is 4.01. The topological polar surface area (TPSA) is 86.3 Å². The van der Waals surface area contributed by atoms with Crippen LogP contribution in [0.3, 0.4) is 0 Å². The lowest BCUT2D eigenvalue weighted by Gasteiger charge is -2.26. The molecule has 4 rings (SSSR count). The van der Waals surface area contributed by atoms with E-state index in [1.807, 2.05) is 18.2 Å². The van der Waals surface area contributed by atoms with Crippen LogP contribution >= 0.6 is 0 Å². The van der Waals surface area contributed by atoms with Crippen molar-refractivity contribution in [3.05, 3.63) is 76.2 Å². The van der Waals surface area contributed by atoms with Gasteiger partial charge in [0, 0.05) is 18.5 Å². The number of fused-ring (bicyclic) bond motifs is 1. The molecular formula is C20H17N3O3. The van der Waals surface area contributed by atoms with Crippen LogP contribution in [-0.2, 0) is 0 Å². The number of phenols is 1. The number of aromatic hydroxyl groups is 1. The van der Waals surface area contributed by atoms with Crippen molar-refractivity contribution in [1.82, 2.24) is 15.1 Å². The van der Waals surface area contributed by atoms with Gasteiger partial charge in [-0.05, 0) is 35.8 Å². The summed E-state index contributed by atoms with van der Waals surface area (Å²) >= 11 is 0. The van der Waals surface area contributed by atoms with E-state index in [4.69, 9.17) is 0 Å². The summed E-state index contributed by atoms with van der Waals surface area (Å²) in [5, 5.41) is 16.8. The number of hydrogen-bond donors (Lipinski definition) is 2. The lowest BCUT2D eigenvalue weighted by Crippen LogP contribution is -2.36. The summed E-state index contributed by atoms with van der Waals surface area (Å²) in [5.41, 5.74) is 2.16. The van der Waals surface area contributed by atoms with Crippen LogP contribution in [0.25, 0.3) is 16.3 Å². The van der Waals surface area contributed by atoms with Crippen LogP contribution in [0.4, 0.5) is 0 Å². The SMILES string of the molecule is O=C(c1n[nH]c(=O)c2ccccc12)N1CC=C(c2ccc(O)cc2)CC1. The first-order valence-electron chi connectivity index (χ1n) is 8.38. The second-order valence-electron chi connectivity index (χ2n) is 6.22. The quantitative estimate of drug-likeness (QED) is 0.746. The molecule has 1 aromatic heterocycles. The Labute approximate surface area is 149 Å². The number of H-pyrrole nitrogens is 1. The average molecular weight is 347 g/mol. The molecule has 0 atom stereocenters. The number of rotatable bonds is 2. The summed E-state index contributed by atoms with van der Waals surface area (Å²) in [4.78, 5) is 26.5. The molecule has 2 aromatic carbocycles. The molecule has 6 heteroatoms.